The number of nitrogens with one attached hydrogen (secondary N) is 1. The largest absolute Gasteiger partial charge is 0.466 e. The fourth-order valence-corrected chi connectivity index (χ4v) is 3.52. The van der Waals surface area contributed by atoms with E-state index in [-0.39, 0.29) is 22.0 Å². The number of benzene rings is 1. The van der Waals surface area contributed by atoms with Crippen LogP contribution in [0.1, 0.15) is 37.9 Å². The Balaban J connectivity index is 1.80. The fraction of sp³-hybridized carbons (Fsp3) is 0.182. The third-order valence-corrected chi connectivity index (χ3v) is 5.14. The minimum absolute atomic E-state index is 0.229. The van der Waals surface area contributed by atoms with Gasteiger partial charge in [-0.1, -0.05) is 16.8 Å². The molecule has 158 valence electrons. The molecule has 0 spiro atoms. The predicted octanol–water partition coefficient (Wildman–Crippen LogP) is 5.10. The molecule has 0 fully saturated rings. The van der Waals surface area contributed by atoms with Gasteiger partial charge in [-0.15, -0.1) is 0 Å². The van der Waals surface area contributed by atoms with Crippen LogP contribution in [0.2, 0.25) is 5.02 Å². The lowest BCUT2D eigenvalue weighted by Gasteiger charge is -2.10. The van der Waals surface area contributed by atoms with Crippen molar-refractivity contribution in [3.05, 3.63) is 63.7 Å². The Morgan fingerprint density at radius 1 is 1.13 bits per heavy atom. The monoisotopic (exact) mass is 439 g/mol. The Hall–Kier alpha value is -3.65. The van der Waals surface area contributed by atoms with Gasteiger partial charge in [0.05, 0.1) is 45.7 Å². The first kappa shape index (κ1) is 20.6. The maximum Gasteiger partial charge on any atom is 0.337 e. The molecular weight excluding hydrogens is 422 g/mol. The topological polar surface area (TPSA) is 107 Å². The first-order chi connectivity index (χ1) is 14.8. The summed E-state index contributed by atoms with van der Waals surface area (Å²) < 4.78 is 15.7. The van der Waals surface area contributed by atoms with Crippen LogP contribution in [0.5, 0.6) is 0 Å². The molecule has 0 atom stereocenters. The summed E-state index contributed by atoms with van der Waals surface area (Å²) in [6, 6.07) is 7.97. The number of carbonyl (C=O) groups excluding carboxylic acids is 2. The minimum Gasteiger partial charge on any atom is -0.466 e. The molecule has 0 saturated heterocycles. The van der Waals surface area contributed by atoms with Crippen molar-refractivity contribution in [3.63, 3.8) is 0 Å². The van der Waals surface area contributed by atoms with Crippen molar-refractivity contribution in [2.24, 2.45) is 0 Å². The summed E-state index contributed by atoms with van der Waals surface area (Å²) >= 11 is 6.23. The molecule has 1 amide bonds. The Morgan fingerprint density at radius 2 is 1.90 bits per heavy atom. The highest BCUT2D eigenvalue weighted by Crippen LogP contribution is 2.31. The molecule has 8 nitrogen and oxygen atoms in total. The molecule has 0 aliphatic rings. The fourth-order valence-electron chi connectivity index (χ4n) is 3.35. The lowest BCUT2D eigenvalue weighted by atomic mass is 10.0. The number of ether oxygens (including phenoxy) is 1. The van der Waals surface area contributed by atoms with E-state index in [4.69, 9.17) is 25.3 Å². The number of hydrogen-bond donors (Lipinski definition) is 1. The molecule has 0 saturated carbocycles. The van der Waals surface area contributed by atoms with Crippen LogP contribution in [0, 0.1) is 20.8 Å². The van der Waals surface area contributed by atoms with Crippen LogP contribution in [0.15, 0.2) is 39.3 Å². The van der Waals surface area contributed by atoms with E-state index in [0.29, 0.717) is 28.1 Å². The number of rotatable bonds is 4. The Bertz CT molecular complexity index is 1340. The molecule has 0 unspecified atom stereocenters. The van der Waals surface area contributed by atoms with Gasteiger partial charge >= 0.3 is 5.97 Å². The zero-order valence-corrected chi connectivity index (χ0v) is 18.0. The molecule has 0 bridgehead atoms. The number of nitrogens with zero attached hydrogens (tertiary/aromatic N) is 2. The van der Waals surface area contributed by atoms with Crippen LogP contribution in [-0.2, 0) is 4.74 Å². The Labute approximate surface area is 182 Å². The van der Waals surface area contributed by atoms with E-state index in [1.807, 2.05) is 19.9 Å². The predicted molar refractivity (Wildman–Crippen MR) is 114 cm³/mol. The number of anilines is 1. The maximum absolute atomic E-state index is 13.2. The molecule has 9 heteroatoms. The van der Waals surface area contributed by atoms with Crippen molar-refractivity contribution >= 4 is 40.3 Å². The minimum atomic E-state index is -0.540. The smallest absolute Gasteiger partial charge is 0.337 e. The first-order valence-corrected chi connectivity index (χ1v) is 9.70. The number of esters is 1. The van der Waals surface area contributed by atoms with Crippen molar-refractivity contribution in [3.8, 4) is 11.3 Å². The number of hydrogen-bond acceptors (Lipinski definition) is 7. The first-order valence-electron chi connectivity index (χ1n) is 9.32. The van der Waals surface area contributed by atoms with Gasteiger partial charge in [0.1, 0.15) is 11.5 Å². The number of amides is 1. The van der Waals surface area contributed by atoms with Crippen LogP contribution < -0.4 is 5.32 Å². The van der Waals surface area contributed by atoms with Gasteiger partial charge in [-0.05, 0) is 51.1 Å². The van der Waals surface area contributed by atoms with E-state index >= 15 is 0 Å². The third kappa shape index (κ3) is 3.77. The molecule has 4 aromatic rings. The summed E-state index contributed by atoms with van der Waals surface area (Å²) in [5.74, 6) is 0.393. The summed E-state index contributed by atoms with van der Waals surface area (Å²) in [5.41, 5.74) is 2.84. The number of aromatic nitrogens is 2. The van der Waals surface area contributed by atoms with E-state index in [0.717, 1.165) is 11.3 Å². The summed E-state index contributed by atoms with van der Waals surface area (Å²) in [6.45, 7) is 5.37. The van der Waals surface area contributed by atoms with Gasteiger partial charge in [0, 0.05) is 5.56 Å². The lowest BCUT2D eigenvalue weighted by molar-refractivity contribution is 0.0600. The molecule has 31 heavy (non-hydrogen) atoms. The Kier molecular flexibility index (Phi) is 5.24. The Morgan fingerprint density at radius 3 is 2.58 bits per heavy atom. The maximum atomic E-state index is 13.2. The molecule has 0 aliphatic heterocycles. The second kappa shape index (κ2) is 7.88. The van der Waals surface area contributed by atoms with Crippen LogP contribution in [0.3, 0.4) is 0 Å². The van der Waals surface area contributed by atoms with Gasteiger partial charge in [-0.3, -0.25) is 4.79 Å². The average Bonchev–Trinajstić information content (AvgIpc) is 3.29. The quantitative estimate of drug-likeness (QED) is 0.440. The number of aryl methyl sites for hydroxylation is 3. The molecule has 3 heterocycles. The average molecular weight is 440 g/mol. The van der Waals surface area contributed by atoms with Crippen molar-refractivity contribution in [2.75, 3.05) is 12.4 Å². The highest BCUT2D eigenvalue weighted by atomic mass is 35.5. The van der Waals surface area contributed by atoms with Crippen molar-refractivity contribution < 1.29 is 23.3 Å². The lowest BCUT2D eigenvalue weighted by Crippen LogP contribution is -2.14. The van der Waals surface area contributed by atoms with Gasteiger partial charge in [0.15, 0.2) is 0 Å². The van der Waals surface area contributed by atoms with E-state index in [2.05, 4.69) is 15.5 Å². The highest BCUT2D eigenvalue weighted by molar-refractivity contribution is 6.34. The molecule has 3 aromatic heterocycles. The van der Waals surface area contributed by atoms with E-state index in [9.17, 15) is 9.59 Å². The summed E-state index contributed by atoms with van der Waals surface area (Å²) in [5, 5.41) is 7.46. The summed E-state index contributed by atoms with van der Waals surface area (Å²) in [7, 11) is 1.28. The second-order valence-corrected chi connectivity index (χ2v) is 7.38. The van der Waals surface area contributed by atoms with Crippen LogP contribution >= 0.6 is 11.6 Å². The van der Waals surface area contributed by atoms with E-state index in [1.54, 1.807) is 13.0 Å². The molecule has 4 rings (SSSR count). The van der Waals surface area contributed by atoms with Gasteiger partial charge < -0.3 is 19.0 Å². The van der Waals surface area contributed by atoms with Crippen molar-refractivity contribution in [2.45, 2.75) is 20.8 Å². The van der Waals surface area contributed by atoms with Gasteiger partial charge in [0.25, 0.3) is 11.6 Å². The van der Waals surface area contributed by atoms with E-state index < -0.39 is 11.9 Å². The zero-order valence-electron chi connectivity index (χ0n) is 17.2. The van der Waals surface area contributed by atoms with Gasteiger partial charge in [-0.25, -0.2) is 9.78 Å². The second-order valence-electron chi connectivity index (χ2n) is 6.97. The van der Waals surface area contributed by atoms with Crippen LogP contribution in [0.4, 0.5) is 5.69 Å². The summed E-state index contributed by atoms with van der Waals surface area (Å²) in [4.78, 5) is 29.6. The SMILES string of the molecule is COC(=O)c1ccc(Cl)c(NC(=O)c2cc(-c3cc(C)oc3C)nc3onc(C)c23)c1. The van der Waals surface area contributed by atoms with Gasteiger partial charge in [-0.2, -0.15) is 0 Å². The zero-order chi connectivity index (χ0) is 22.3. The van der Waals surface area contributed by atoms with Gasteiger partial charge in [0.2, 0.25) is 0 Å². The number of fused-ring (bicyclic) bond motifs is 1. The van der Waals surface area contributed by atoms with Crippen molar-refractivity contribution in [1.82, 2.24) is 10.1 Å². The highest BCUT2D eigenvalue weighted by Gasteiger charge is 2.22. The normalized spacial score (nSPS) is 11.0. The molecule has 0 aliphatic carbocycles. The number of halogens is 1. The molecule has 0 radical (unpaired) electrons. The third-order valence-electron chi connectivity index (χ3n) is 4.81. The van der Waals surface area contributed by atoms with Crippen LogP contribution in [0.25, 0.3) is 22.4 Å². The standard InChI is InChI=1S/C22H18ClN3O5/c1-10-7-14(12(3)30-10)17-9-15(19-11(2)26-31-21(19)25-17)20(27)24-18-8-13(22(28)29-4)5-6-16(18)23/h5-9H,1-4H3,(H,24,27). The number of carbonyl (C=O) groups is 2. The number of furan rings is 1. The number of pyridine rings is 1. The van der Waals surface area contributed by atoms with E-state index in [1.165, 1.54) is 25.3 Å². The molecule has 1 aromatic carbocycles. The summed E-state index contributed by atoms with van der Waals surface area (Å²) in [6.07, 6.45) is 0. The van der Waals surface area contributed by atoms with Crippen LogP contribution in [-0.4, -0.2) is 29.1 Å². The number of methoxy groups -OCH3 is 1. The van der Waals surface area contributed by atoms with Crippen molar-refractivity contribution in [1.29, 1.82) is 0 Å². The molecular formula is C22H18ClN3O5. The molecule has 1 N–H and O–H groups in total.